The first-order chi connectivity index (χ1) is 8.99. The van der Waals surface area contributed by atoms with Gasteiger partial charge in [-0.15, -0.1) is 0 Å². The van der Waals surface area contributed by atoms with E-state index >= 15 is 0 Å². The lowest BCUT2D eigenvalue weighted by molar-refractivity contribution is 0.0938. The summed E-state index contributed by atoms with van der Waals surface area (Å²) >= 11 is 8.79. The third-order valence-electron chi connectivity index (χ3n) is 2.60. The molecule has 0 fully saturated rings. The highest BCUT2D eigenvalue weighted by Gasteiger charge is 2.17. The van der Waals surface area contributed by atoms with Gasteiger partial charge in [-0.25, -0.2) is 4.39 Å². The topological polar surface area (TPSA) is 57.8 Å². The van der Waals surface area contributed by atoms with E-state index in [1.165, 1.54) is 6.07 Å². The number of H-pyrrole nitrogens is 1. The van der Waals surface area contributed by atoms with Crippen molar-refractivity contribution in [1.82, 2.24) is 15.5 Å². The van der Waals surface area contributed by atoms with Crippen LogP contribution in [-0.4, -0.2) is 16.1 Å². The third-order valence-corrected chi connectivity index (χ3v) is 3.63. The molecule has 4 nitrogen and oxygen atoms in total. The molecule has 0 aliphatic carbocycles. The molecule has 0 spiro atoms. The summed E-state index contributed by atoms with van der Waals surface area (Å²) in [5.41, 5.74) is 0.979. The fourth-order valence-corrected chi connectivity index (χ4v) is 2.19. The number of benzene rings is 1. The number of halogens is 3. The van der Waals surface area contributed by atoms with Gasteiger partial charge >= 0.3 is 0 Å². The van der Waals surface area contributed by atoms with Crippen LogP contribution in [0.3, 0.4) is 0 Å². The van der Waals surface area contributed by atoms with Crippen molar-refractivity contribution >= 4 is 33.4 Å². The molecule has 100 valence electrons. The molecule has 0 aliphatic rings. The molecule has 0 aliphatic heterocycles. The Morgan fingerprint density at radius 1 is 1.58 bits per heavy atom. The zero-order valence-corrected chi connectivity index (χ0v) is 12.2. The lowest BCUT2D eigenvalue weighted by Gasteiger charge is -2.13. The smallest absolute Gasteiger partial charge is 0.253 e. The van der Waals surface area contributed by atoms with Crippen molar-refractivity contribution in [3.05, 3.63) is 51.0 Å². The standard InChI is InChI=1S/C12H10BrClFN3O/c1-6(7-4-16-17-5-7)18-12(19)9-2-8(14)3-10(15)11(9)13/h2-6H,1H3,(H,16,17)(H,18,19). The molecule has 1 atom stereocenters. The maximum absolute atomic E-state index is 13.5. The molecule has 1 unspecified atom stereocenters. The van der Waals surface area contributed by atoms with E-state index in [9.17, 15) is 9.18 Å². The first-order valence-electron chi connectivity index (χ1n) is 5.43. The van der Waals surface area contributed by atoms with Crippen molar-refractivity contribution in [2.45, 2.75) is 13.0 Å². The van der Waals surface area contributed by atoms with E-state index in [1.807, 2.05) is 0 Å². The maximum Gasteiger partial charge on any atom is 0.253 e. The van der Waals surface area contributed by atoms with E-state index in [4.69, 9.17) is 11.6 Å². The number of carbonyl (C=O) groups excluding carboxylic acids is 1. The summed E-state index contributed by atoms with van der Waals surface area (Å²) in [7, 11) is 0. The number of aromatic amines is 1. The predicted molar refractivity (Wildman–Crippen MR) is 73.6 cm³/mol. The Balaban J connectivity index is 2.21. The van der Waals surface area contributed by atoms with Gasteiger partial charge in [0.2, 0.25) is 0 Å². The Kier molecular flexibility index (Phi) is 4.21. The zero-order valence-electron chi connectivity index (χ0n) is 9.88. The fraction of sp³-hybridized carbons (Fsp3) is 0.167. The summed E-state index contributed by atoms with van der Waals surface area (Å²) in [6.45, 7) is 1.80. The molecule has 1 aromatic carbocycles. The maximum atomic E-state index is 13.5. The number of nitrogens with zero attached hydrogens (tertiary/aromatic N) is 1. The molecule has 7 heteroatoms. The summed E-state index contributed by atoms with van der Waals surface area (Å²) in [5, 5.41) is 9.37. The average molecular weight is 347 g/mol. The number of aromatic nitrogens is 2. The summed E-state index contributed by atoms with van der Waals surface area (Å²) in [5.74, 6) is -0.990. The quantitative estimate of drug-likeness (QED) is 0.836. The van der Waals surface area contributed by atoms with E-state index < -0.39 is 11.7 Å². The van der Waals surface area contributed by atoms with Gasteiger partial charge in [0.15, 0.2) is 0 Å². The largest absolute Gasteiger partial charge is 0.345 e. The van der Waals surface area contributed by atoms with Crippen LogP contribution < -0.4 is 5.32 Å². The van der Waals surface area contributed by atoms with Crippen LogP contribution in [0, 0.1) is 5.82 Å². The minimum atomic E-state index is -0.575. The number of nitrogens with one attached hydrogen (secondary N) is 2. The molecule has 0 bridgehead atoms. The van der Waals surface area contributed by atoms with E-state index in [2.05, 4.69) is 31.4 Å². The van der Waals surface area contributed by atoms with Crippen LogP contribution in [0.4, 0.5) is 4.39 Å². The van der Waals surface area contributed by atoms with Gasteiger partial charge < -0.3 is 5.32 Å². The van der Waals surface area contributed by atoms with E-state index in [0.29, 0.717) is 0 Å². The van der Waals surface area contributed by atoms with Gasteiger partial charge in [-0.05, 0) is 35.0 Å². The van der Waals surface area contributed by atoms with Crippen LogP contribution >= 0.6 is 27.5 Å². The van der Waals surface area contributed by atoms with Crippen LogP contribution in [0.25, 0.3) is 0 Å². The number of hydrogen-bond acceptors (Lipinski definition) is 2. The van der Waals surface area contributed by atoms with E-state index in [-0.39, 0.29) is 21.1 Å². The van der Waals surface area contributed by atoms with Gasteiger partial charge in [0, 0.05) is 16.8 Å². The molecular formula is C12H10BrClFN3O. The van der Waals surface area contributed by atoms with Gasteiger partial charge in [0.05, 0.1) is 22.3 Å². The molecular weight excluding hydrogens is 337 g/mol. The van der Waals surface area contributed by atoms with Crippen molar-refractivity contribution in [3.8, 4) is 0 Å². The molecule has 2 N–H and O–H groups in total. The van der Waals surface area contributed by atoms with Gasteiger partial charge in [0.1, 0.15) is 5.82 Å². The number of hydrogen-bond donors (Lipinski definition) is 2. The molecule has 2 rings (SSSR count). The van der Waals surface area contributed by atoms with Crippen LogP contribution in [0.15, 0.2) is 29.0 Å². The summed E-state index contributed by atoms with van der Waals surface area (Å²) < 4.78 is 13.6. The number of rotatable bonds is 3. The molecule has 0 saturated carbocycles. The number of amides is 1. The lowest BCUT2D eigenvalue weighted by Crippen LogP contribution is -2.27. The van der Waals surface area contributed by atoms with Gasteiger partial charge in [0.25, 0.3) is 5.91 Å². The summed E-state index contributed by atoms with van der Waals surface area (Å²) in [6, 6.07) is 2.30. The highest BCUT2D eigenvalue weighted by Crippen LogP contribution is 2.25. The van der Waals surface area contributed by atoms with Gasteiger partial charge in [-0.1, -0.05) is 11.6 Å². The SMILES string of the molecule is CC(NC(=O)c1cc(Cl)cc(F)c1Br)c1cn[nH]c1. The Bertz CT molecular complexity index is 603. The third kappa shape index (κ3) is 3.13. The van der Waals surface area contributed by atoms with Crippen molar-refractivity contribution in [2.24, 2.45) is 0 Å². The first kappa shape index (κ1) is 14.0. The molecule has 0 saturated heterocycles. The zero-order chi connectivity index (χ0) is 14.0. The van der Waals surface area contributed by atoms with E-state index in [1.54, 1.807) is 19.3 Å². The summed E-state index contributed by atoms with van der Waals surface area (Å²) in [6.07, 6.45) is 3.29. The highest BCUT2D eigenvalue weighted by atomic mass is 79.9. The Hall–Kier alpha value is -1.40. The monoisotopic (exact) mass is 345 g/mol. The van der Waals surface area contributed by atoms with Crippen LogP contribution in [0.2, 0.25) is 5.02 Å². The second-order valence-electron chi connectivity index (χ2n) is 3.98. The van der Waals surface area contributed by atoms with Gasteiger partial charge in [-0.3, -0.25) is 9.89 Å². The lowest BCUT2D eigenvalue weighted by atomic mass is 10.1. The second kappa shape index (κ2) is 5.71. The van der Waals surface area contributed by atoms with Gasteiger partial charge in [-0.2, -0.15) is 5.10 Å². The van der Waals surface area contributed by atoms with Crippen molar-refractivity contribution in [3.63, 3.8) is 0 Å². The Morgan fingerprint density at radius 3 is 2.95 bits per heavy atom. The Morgan fingerprint density at radius 2 is 2.32 bits per heavy atom. The first-order valence-corrected chi connectivity index (χ1v) is 6.60. The van der Waals surface area contributed by atoms with E-state index in [0.717, 1.165) is 11.6 Å². The molecule has 0 radical (unpaired) electrons. The molecule has 1 heterocycles. The fourth-order valence-electron chi connectivity index (χ4n) is 1.58. The predicted octanol–water partition coefficient (Wildman–Crippen LogP) is 3.46. The Labute approximate surface area is 122 Å². The highest BCUT2D eigenvalue weighted by molar-refractivity contribution is 9.10. The molecule has 2 aromatic rings. The normalized spacial score (nSPS) is 12.2. The van der Waals surface area contributed by atoms with Crippen LogP contribution in [-0.2, 0) is 0 Å². The molecule has 1 amide bonds. The minimum absolute atomic E-state index is 0.0915. The second-order valence-corrected chi connectivity index (χ2v) is 5.21. The summed E-state index contributed by atoms with van der Waals surface area (Å²) in [4.78, 5) is 12.1. The molecule has 19 heavy (non-hydrogen) atoms. The van der Waals surface area contributed by atoms with Crippen molar-refractivity contribution in [1.29, 1.82) is 0 Å². The average Bonchev–Trinajstić information content (AvgIpc) is 2.87. The van der Waals surface area contributed by atoms with Crippen molar-refractivity contribution in [2.75, 3.05) is 0 Å². The minimum Gasteiger partial charge on any atom is -0.345 e. The number of carbonyl (C=O) groups is 1. The van der Waals surface area contributed by atoms with Crippen LogP contribution in [0.1, 0.15) is 28.9 Å². The molecule has 1 aromatic heterocycles. The van der Waals surface area contributed by atoms with Crippen molar-refractivity contribution < 1.29 is 9.18 Å². The van der Waals surface area contributed by atoms with Crippen LogP contribution in [0.5, 0.6) is 0 Å².